The highest BCUT2D eigenvalue weighted by Crippen LogP contribution is 2.37. The Bertz CT molecular complexity index is 731. The summed E-state index contributed by atoms with van der Waals surface area (Å²) in [5.74, 6) is -0.368. The second kappa shape index (κ2) is 28.9. The van der Waals surface area contributed by atoms with Crippen LogP contribution >= 0.6 is 23.2 Å². The standard InChI is InChI=1S/2C5H9F3.C5H12.C4H6ClF3.C4H9Cl.C4H6F4.C4H7F3.C4H9F.C4H10/c2*1-4(2,3)5(6,7)8;1-5(2,3)4;1-3(2,5)4(6,7)8;1-4(2,3)5;1-3(2,5)4(6,7)8;1-3(2)4(5,6)7;1-4(2,3)5;1-4(2)3/h2*1-3H3;1-4H3;1-2H3;1-3H3;1-2H3;3H,1-2H3;1-3H3;4H,1-3H3. The monoisotopic (exact) mass is 939 g/mol. The number of hydrogen-bond acceptors (Lipinski definition) is 0. The molecule has 0 atom stereocenters. The molecule has 0 N–H and O–H groups in total. The number of hydrogen-bond donors (Lipinski definition) is 0. The quantitative estimate of drug-likeness (QED) is 0.168. The van der Waals surface area contributed by atoms with Gasteiger partial charge in [0, 0.05) is 10.8 Å². The summed E-state index contributed by atoms with van der Waals surface area (Å²) in [6.07, 6.45) is -21.2. The molecule has 0 heterocycles. The largest absolute Gasteiger partial charge is 0.421 e. The van der Waals surface area contributed by atoms with Gasteiger partial charge in [-0.15, -0.1) is 23.2 Å². The molecule has 0 aromatic heterocycles. The Morgan fingerprint density at radius 2 is 0.397 bits per heavy atom. The molecule has 58 heavy (non-hydrogen) atoms. The second-order valence-corrected chi connectivity index (χ2v) is 22.1. The molecule has 366 valence electrons. The summed E-state index contributed by atoms with van der Waals surface area (Å²) >= 11 is 10.4. The van der Waals surface area contributed by atoms with Crippen LogP contribution in [0, 0.1) is 28.1 Å². The average Bonchev–Trinajstić information content (AvgIpc) is 2.70. The molecule has 0 aliphatic rings. The van der Waals surface area contributed by atoms with Crippen LogP contribution in [0.5, 0.6) is 0 Å². The van der Waals surface area contributed by atoms with Crippen LogP contribution in [-0.2, 0) is 0 Å². The summed E-state index contributed by atoms with van der Waals surface area (Å²) in [6, 6.07) is 0. The van der Waals surface area contributed by atoms with E-state index in [-0.39, 0.29) is 4.87 Å². The zero-order chi connectivity index (χ0) is 51.2. The molecule has 0 aromatic carbocycles. The van der Waals surface area contributed by atoms with Gasteiger partial charge in [-0.1, -0.05) is 104 Å². The Kier molecular flexibility index (Phi) is 38.8. The molecule has 19 heteroatoms. The van der Waals surface area contributed by atoms with Crippen molar-refractivity contribution in [3.63, 3.8) is 0 Å². The Morgan fingerprint density at radius 1 is 0.328 bits per heavy atom. The fourth-order valence-corrected chi connectivity index (χ4v) is 0. The molecule has 0 spiro atoms. The van der Waals surface area contributed by atoms with Crippen molar-refractivity contribution >= 4 is 23.2 Å². The second-order valence-electron chi connectivity index (χ2n) is 20.0. The van der Waals surface area contributed by atoms with Crippen LogP contribution in [0.4, 0.5) is 74.6 Å². The normalized spacial score (nSPS) is 13.1. The van der Waals surface area contributed by atoms with Crippen molar-refractivity contribution < 1.29 is 74.6 Å². The fourth-order valence-electron chi connectivity index (χ4n) is 0. The molecule has 0 saturated carbocycles. The van der Waals surface area contributed by atoms with Gasteiger partial charge in [0.2, 0.25) is 0 Å². The summed E-state index contributed by atoms with van der Waals surface area (Å²) in [5.41, 5.74) is -6.69. The van der Waals surface area contributed by atoms with Crippen molar-refractivity contribution in [1.82, 2.24) is 0 Å². The molecule has 0 fully saturated rings. The molecule has 0 saturated heterocycles. The van der Waals surface area contributed by atoms with E-state index in [1.807, 2.05) is 20.8 Å². The predicted molar refractivity (Wildman–Crippen MR) is 211 cm³/mol. The third-order valence-electron chi connectivity index (χ3n) is 3.70. The van der Waals surface area contributed by atoms with E-state index in [1.165, 1.54) is 20.8 Å². The van der Waals surface area contributed by atoms with Gasteiger partial charge in [-0.3, -0.25) is 0 Å². The van der Waals surface area contributed by atoms with Gasteiger partial charge in [-0.25, -0.2) is 8.78 Å². The maximum Gasteiger partial charge on any atom is 0.421 e. The third kappa shape index (κ3) is 95.6. The van der Waals surface area contributed by atoms with E-state index in [0.29, 0.717) is 19.3 Å². The predicted octanol–water partition coefficient (Wildman–Crippen LogP) is 19.8. The van der Waals surface area contributed by atoms with Crippen LogP contribution in [0.1, 0.15) is 173 Å². The summed E-state index contributed by atoms with van der Waals surface area (Å²) < 4.78 is 194. The van der Waals surface area contributed by atoms with E-state index in [1.54, 1.807) is 0 Å². The van der Waals surface area contributed by atoms with Crippen molar-refractivity contribution in [3.8, 4) is 0 Å². The molecule has 0 bridgehead atoms. The van der Waals surface area contributed by atoms with E-state index in [0.717, 1.165) is 75.2 Å². The van der Waals surface area contributed by atoms with Crippen molar-refractivity contribution in [3.05, 3.63) is 0 Å². The third-order valence-corrected chi connectivity index (χ3v) is 3.92. The van der Waals surface area contributed by atoms with E-state index in [9.17, 15) is 74.6 Å². The van der Waals surface area contributed by atoms with Crippen LogP contribution in [0.25, 0.3) is 0 Å². The van der Waals surface area contributed by atoms with Gasteiger partial charge in [0.25, 0.3) is 0 Å². The number of rotatable bonds is 0. The lowest BCUT2D eigenvalue weighted by Crippen LogP contribution is -2.33. The van der Waals surface area contributed by atoms with Gasteiger partial charge < -0.3 is 0 Å². The molecule has 0 radical (unpaired) electrons. The van der Waals surface area contributed by atoms with Crippen molar-refractivity contribution in [2.24, 2.45) is 28.1 Å². The minimum atomic E-state index is -4.73. The lowest BCUT2D eigenvalue weighted by molar-refractivity contribution is -0.216. The smallest absolute Gasteiger partial charge is 0.245 e. The fraction of sp³-hybridized carbons (Fsp3) is 1.00. The van der Waals surface area contributed by atoms with Gasteiger partial charge in [-0.2, -0.15) is 65.9 Å². The average molecular weight is 940 g/mol. The molecule has 0 rings (SSSR count). The molecule has 0 unspecified atom stereocenters. The summed E-state index contributed by atoms with van der Waals surface area (Å²) in [5, 5.41) is 0. The highest BCUT2D eigenvalue weighted by molar-refractivity contribution is 6.24. The van der Waals surface area contributed by atoms with Crippen LogP contribution in [0.2, 0.25) is 0 Å². The Hall–Kier alpha value is -0.610. The lowest BCUT2D eigenvalue weighted by atomic mass is 9.96. The highest BCUT2D eigenvalue weighted by Gasteiger charge is 2.48. The molecule has 0 aromatic rings. The molecule has 0 aliphatic carbocycles. The summed E-state index contributed by atoms with van der Waals surface area (Å²) in [7, 11) is 0. The zero-order valence-electron chi connectivity index (χ0n) is 39.3. The minimum Gasteiger partial charge on any atom is -0.245 e. The topological polar surface area (TPSA) is 0 Å². The van der Waals surface area contributed by atoms with Gasteiger partial charge >= 0.3 is 30.9 Å². The first kappa shape index (κ1) is 77.9. The van der Waals surface area contributed by atoms with Gasteiger partial charge in [0.1, 0.15) is 10.5 Å². The van der Waals surface area contributed by atoms with Gasteiger partial charge in [0.15, 0.2) is 5.67 Å². The molecule has 0 amide bonds. The molecule has 0 nitrogen and oxygen atoms in total. The van der Waals surface area contributed by atoms with E-state index < -0.39 is 63.8 Å². The van der Waals surface area contributed by atoms with E-state index in [2.05, 4.69) is 48.5 Å². The molecular weight excluding hydrogens is 862 g/mol. The van der Waals surface area contributed by atoms with Crippen LogP contribution in [0.3, 0.4) is 0 Å². The highest BCUT2D eigenvalue weighted by atomic mass is 35.5. The van der Waals surface area contributed by atoms with Gasteiger partial charge in [0.05, 0.1) is 10.8 Å². The molecule has 0 aliphatic heterocycles. The first-order valence-electron chi connectivity index (χ1n) is 17.8. The van der Waals surface area contributed by atoms with Crippen molar-refractivity contribution in [1.29, 1.82) is 0 Å². The minimum absolute atomic E-state index is 0.0278. The summed E-state index contributed by atoms with van der Waals surface area (Å²) in [6.45, 7) is 37.6. The van der Waals surface area contributed by atoms with Crippen molar-refractivity contribution in [2.45, 2.75) is 225 Å². The number of alkyl halides is 19. The van der Waals surface area contributed by atoms with Crippen LogP contribution in [-0.4, -0.2) is 52.0 Å². The first-order chi connectivity index (χ1) is 23.7. The Balaban J connectivity index is -0.0000000672. The Labute approximate surface area is 350 Å². The summed E-state index contributed by atoms with van der Waals surface area (Å²) in [4.78, 5) is -2.12. The van der Waals surface area contributed by atoms with E-state index in [4.69, 9.17) is 23.2 Å². The van der Waals surface area contributed by atoms with Crippen LogP contribution < -0.4 is 0 Å². The van der Waals surface area contributed by atoms with Crippen LogP contribution in [0.15, 0.2) is 0 Å². The zero-order valence-corrected chi connectivity index (χ0v) is 40.8. The Morgan fingerprint density at radius 3 is 0.397 bits per heavy atom. The van der Waals surface area contributed by atoms with Crippen molar-refractivity contribution in [2.75, 3.05) is 0 Å². The van der Waals surface area contributed by atoms with Gasteiger partial charge in [-0.05, 0) is 80.6 Å². The first-order valence-corrected chi connectivity index (χ1v) is 18.5. The SMILES string of the molecule is CC(C)(C)C.CC(C)(C)C(F)(F)F.CC(C)(C)C(F)(F)F.CC(C)(C)Cl.CC(C)(C)F.CC(C)(Cl)C(F)(F)F.CC(C)(F)C(F)(F)F.CC(C)C.CC(C)C(F)(F)F. The van der Waals surface area contributed by atoms with E-state index >= 15 is 0 Å². The molecular formula is C39H77Cl2F17. The maximum absolute atomic E-state index is 11.8. The lowest BCUT2D eigenvalue weighted by Gasteiger charge is -2.21. The number of halogens is 19. The maximum atomic E-state index is 11.8.